The van der Waals surface area contributed by atoms with Crippen molar-refractivity contribution in [2.75, 3.05) is 26.2 Å². The number of hydrogen-bond donors (Lipinski definition) is 1. The number of rotatable bonds is 2. The molecule has 1 atom stereocenters. The van der Waals surface area contributed by atoms with E-state index in [4.69, 9.17) is 0 Å². The molecule has 25 heavy (non-hydrogen) atoms. The van der Waals surface area contributed by atoms with Gasteiger partial charge in [-0.2, -0.15) is 0 Å². The Morgan fingerprint density at radius 2 is 1.80 bits per heavy atom. The third-order valence-electron chi connectivity index (χ3n) is 5.82. The summed E-state index contributed by atoms with van der Waals surface area (Å²) in [4.78, 5) is 28.8. The van der Waals surface area contributed by atoms with E-state index in [1.54, 1.807) is 0 Å². The summed E-state index contributed by atoms with van der Waals surface area (Å²) in [6, 6.07) is 6.49. The molecule has 1 heterocycles. The number of nitrogens with zero attached hydrogens (tertiary/aromatic N) is 2. The summed E-state index contributed by atoms with van der Waals surface area (Å²) in [6.45, 7) is 4.96. The summed E-state index contributed by atoms with van der Waals surface area (Å²) in [5, 5.41) is 3.22. The molecule has 5 heteroatoms. The molecule has 1 saturated carbocycles. The highest BCUT2D eigenvalue weighted by Crippen LogP contribution is 2.33. The molecule has 0 unspecified atom stereocenters. The number of carbonyl (C=O) groups is 2. The molecule has 1 aromatic carbocycles. The zero-order valence-electron chi connectivity index (χ0n) is 15.0. The van der Waals surface area contributed by atoms with E-state index in [-0.39, 0.29) is 18.0 Å². The fourth-order valence-corrected chi connectivity index (χ4v) is 4.16. The van der Waals surface area contributed by atoms with Crippen molar-refractivity contribution >= 4 is 11.9 Å². The number of benzene rings is 1. The van der Waals surface area contributed by atoms with Crippen molar-refractivity contribution in [1.82, 2.24) is 15.1 Å². The minimum absolute atomic E-state index is 0.0140. The molecule has 1 aromatic rings. The SMILES string of the molecule is Cc1cccc2c1CC[C@@H]2NC(=O)N1CCCN(C(=O)C2CC2)CC1. The zero-order valence-corrected chi connectivity index (χ0v) is 15.0. The first-order chi connectivity index (χ1) is 12.1. The monoisotopic (exact) mass is 341 g/mol. The number of nitrogens with one attached hydrogen (secondary N) is 1. The Labute approximate surface area is 149 Å². The first-order valence-corrected chi connectivity index (χ1v) is 9.56. The fourth-order valence-electron chi connectivity index (χ4n) is 4.16. The number of urea groups is 1. The van der Waals surface area contributed by atoms with E-state index in [2.05, 4.69) is 30.4 Å². The quantitative estimate of drug-likeness (QED) is 0.899. The standard InChI is InChI=1S/C20H27N3O2/c1-14-4-2-5-17-16(14)8-9-18(17)21-20(25)23-11-3-10-22(12-13-23)19(24)15-6-7-15/h2,4-5,15,18H,3,6-13H2,1H3,(H,21,25)/t18-/m0/s1. The van der Waals surface area contributed by atoms with Crippen LogP contribution < -0.4 is 5.32 Å². The average Bonchev–Trinajstić information content (AvgIpc) is 3.41. The van der Waals surface area contributed by atoms with E-state index in [1.807, 2.05) is 9.80 Å². The molecule has 5 nitrogen and oxygen atoms in total. The second-order valence-corrected chi connectivity index (χ2v) is 7.62. The number of aryl methyl sites for hydroxylation is 1. The van der Waals surface area contributed by atoms with E-state index in [1.165, 1.54) is 16.7 Å². The van der Waals surface area contributed by atoms with Crippen LogP contribution in [0.15, 0.2) is 18.2 Å². The average molecular weight is 341 g/mol. The molecule has 2 aliphatic carbocycles. The number of carbonyl (C=O) groups excluding carboxylic acids is 2. The first kappa shape index (κ1) is 16.4. The number of amides is 3. The molecule has 1 saturated heterocycles. The van der Waals surface area contributed by atoms with Gasteiger partial charge in [0.05, 0.1) is 6.04 Å². The van der Waals surface area contributed by atoms with Crippen LogP contribution in [-0.4, -0.2) is 47.9 Å². The molecule has 3 amide bonds. The minimum atomic E-state index is 0.0140. The normalized spacial score (nSPS) is 23.2. The molecule has 134 valence electrons. The van der Waals surface area contributed by atoms with Crippen LogP contribution in [-0.2, 0) is 11.2 Å². The fraction of sp³-hybridized carbons (Fsp3) is 0.600. The molecule has 0 bridgehead atoms. The van der Waals surface area contributed by atoms with Gasteiger partial charge in [0.15, 0.2) is 0 Å². The van der Waals surface area contributed by atoms with E-state index < -0.39 is 0 Å². The second-order valence-electron chi connectivity index (χ2n) is 7.62. The van der Waals surface area contributed by atoms with Gasteiger partial charge in [0.25, 0.3) is 0 Å². The lowest BCUT2D eigenvalue weighted by atomic mass is 10.0. The van der Waals surface area contributed by atoms with E-state index in [0.717, 1.165) is 45.2 Å². The topological polar surface area (TPSA) is 52.7 Å². The van der Waals surface area contributed by atoms with Gasteiger partial charge in [-0.25, -0.2) is 4.79 Å². The van der Waals surface area contributed by atoms with Gasteiger partial charge < -0.3 is 15.1 Å². The van der Waals surface area contributed by atoms with Gasteiger partial charge >= 0.3 is 6.03 Å². The molecule has 0 radical (unpaired) electrons. The van der Waals surface area contributed by atoms with E-state index in [0.29, 0.717) is 19.0 Å². The van der Waals surface area contributed by atoms with Crippen molar-refractivity contribution in [2.24, 2.45) is 5.92 Å². The third kappa shape index (κ3) is 3.37. The van der Waals surface area contributed by atoms with Crippen LogP contribution in [0, 0.1) is 12.8 Å². The summed E-state index contributed by atoms with van der Waals surface area (Å²) in [5.74, 6) is 0.557. The highest BCUT2D eigenvalue weighted by atomic mass is 16.2. The molecule has 2 fully saturated rings. The van der Waals surface area contributed by atoms with Gasteiger partial charge in [-0.05, 0) is 55.7 Å². The van der Waals surface area contributed by atoms with Crippen molar-refractivity contribution in [3.05, 3.63) is 34.9 Å². The molecule has 1 aliphatic heterocycles. The maximum atomic E-state index is 12.7. The Balaban J connectivity index is 1.36. The maximum Gasteiger partial charge on any atom is 0.317 e. The summed E-state index contributed by atoms with van der Waals surface area (Å²) in [7, 11) is 0. The van der Waals surface area contributed by atoms with Gasteiger partial charge in [0, 0.05) is 32.1 Å². The predicted octanol–water partition coefficient (Wildman–Crippen LogP) is 2.64. The maximum absolute atomic E-state index is 12.7. The Kier molecular flexibility index (Phi) is 4.40. The van der Waals surface area contributed by atoms with Gasteiger partial charge in [-0.15, -0.1) is 0 Å². The molecule has 3 aliphatic rings. The predicted molar refractivity (Wildman–Crippen MR) is 96.3 cm³/mol. The minimum Gasteiger partial charge on any atom is -0.341 e. The summed E-state index contributed by atoms with van der Waals surface area (Å²) >= 11 is 0. The molecular formula is C20H27N3O2. The molecule has 4 rings (SSSR count). The Hall–Kier alpha value is -2.04. The van der Waals surface area contributed by atoms with Crippen molar-refractivity contribution in [1.29, 1.82) is 0 Å². The van der Waals surface area contributed by atoms with Crippen LogP contribution in [0.5, 0.6) is 0 Å². The second kappa shape index (κ2) is 6.70. The Morgan fingerprint density at radius 1 is 1.04 bits per heavy atom. The molecule has 0 spiro atoms. The van der Waals surface area contributed by atoms with Crippen LogP contribution in [0.3, 0.4) is 0 Å². The largest absolute Gasteiger partial charge is 0.341 e. The Morgan fingerprint density at radius 3 is 2.60 bits per heavy atom. The van der Waals surface area contributed by atoms with Crippen LogP contribution in [0.25, 0.3) is 0 Å². The lowest BCUT2D eigenvalue weighted by Gasteiger charge is -2.24. The Bertz CT molecular complexity index is 684. The van der Waals surface area contributed by atoms with E-state index in [9.17, 15) is 9.59 Å². The lowest BCUT2D eigenvalue weighted by Crippen LogP contribution is -2.43. The smallest absolute Gasteiger partial charge is 0.317 e. The summed E-state index contributed by atoms with van der Waals surface area (Å²) in [5.41, 5.74) is 3.98. The first-order valence-electron chi connectivity index (χ1n) is 9.56. The van der Waals surface area contributed by atoms with Crippen molar-refractivity contribution in [2.45, 2.75) is 45.1 Å². The van der Waals surface area contributed by atoms with Crippen molar-refractivity contribution in [3.63, 3.8) is 0 Å². The molecule has 0 aromatic heterocycles. The van der Waals surface area contributed by atoms with E-state index >= 15 is 0 Å². The summed E-state index contributed by atoms with van der Waals surface area (Å²) < 4.78 is 0. The zero-order chi connectivity index (χ0) is 17.4. The van der Waals surface area contributed by atoms with Crippen LogP contribution in [0.4, 0.5) is 4.79 Å². The molecule has 1 N–H and O–H groups in total. The van der Waals surface area contributed by atoms with Crippen LogP contribution in [0.1, 0.15) is 48.4 Å². The van der Waals surface area contributed by atoms with Crippen molar-refractivity contribution < 1.29 is 9.59 Å². The van der Waals surface area contributed by atoms with Crippen LogP contribution >= 0.6 is 0 Å². The highest BCUT2D eigenvalue weighted by Gasteiger charge is 2.34. The van der Waals surface area contributed by atoms with Gasteiger partial charge in [-0.3, -0.25) is 4.79 Å². The van der Waals surface area contributed by atoms with Crippen LogP contribution in [0.2, 0.25) is 0 Å². The van der Waals surface area contributed by atoms with Gasteiger partial charge in [0.1, 0.15) is 0 Å². The third-order valence-corrected chi connectivity index (χ3v) is 5.82. The number of fused-ring (bicyclic) bond motifs is 1. The van der Waals surface area contributed by atoms with Gasteiger partial charge in [0.2, 0.25) is 5.91 Å². The molecular weight excluding hydrogens is 314 g/mol. The van der Waals surface area contributed by atoms with Gasteiger partial charge in [-0.1, -0.05) is 18.2 Å². The lowest BCUT2D eigenvalue weighted by molar-refractivity contribution is -0.132. The number of hydrogen-bond acceptors (Lipinski definition) is 2. The summed E-state index contributed by atoms with van der Waals surface area (Å²) in [6.07, 6.45) is 4.97. The van der Waals surface area contributed by atoms with Crippen molar-refractivity contribution in [3.8, 4) is 0 Å². The highest BCUT2D eigenvalue weighted by molar-refractivity contribution is 5.81.